The summed E-state index contributed by atoms with van der Waals surface area (Å²) in [4.78, 5) is 31.1. The summed E-state index contributed by atoms with van der Waals surface area (Å²) in [5, 5.41) is 13.6. The van der Waals surface area contributed by atoms with Crippen molar-refractivity contribution in [3.8, 4) is 5.82 Å². The van der Waals surface area contributed by atoms with Crippen molar-refractivity contribution in [2.45, 2.75) is 0 Å². The number of aromatic nitrogens is 2. The van der Waals surface area contributed by atoms with Crippen LogP contribution < -0.4 is 15.6 Å². The average Bonchev–Trinajstić information content (AvgIpc) is 2.80. The molecule has 162 valence electrons. The third-order valence-electron chi connectivity index (χ3n) is 5.65. The normalized spacial score (nSPS) is 14.2. The molecule has 5 rings (SSSR count). The molecule has 0 aliphatic carbocycles. The van der Waals surface area contributed by atoms with Crippen LogP contribution in [0.5, 0.6) is 0 Å². The standard InChI is InChI=1S/C23H18ClFN4O3/c24-19-20-14(11-16(25)21(19)28-9-7-26-8-10-28)22(30)15(23(31)32)12-29(20)18-6-5-13-3-1-2-4-17(13)27-18/h1-6,11-12,26H,7-10H2,(H,31,32). The number of carboxylic acid groups (broad SMARTS) is 1. The number of anilines is 1. The number of halogens is 2. The molecule has 0 atom stereocenters. The summed E-state index contributed by atoms with van der Waals surface area (Å²) in [7, 11) is 0. The number of nitrogens with zero attached hydrogens (tertiary/aromatic N) is 3. The molecule has 0 amide bonds. The van der Waals surface area contributed by atoms with Crippen LogP contribution >= 0.6 is 11.6 Å². The van der Waals surface area contributed by atoms with Crippen LogP contribution in [0.4, 0.5) is 10.1 Å². The van der Waals surface area contributed by atoms with E-state index in [-0.39, 0.29) is 21.6 Å². The van der Waals surface area contributed by atoms with Crippen LogP contribution in [0.25, 0.3) is 27.6 Å². The molecule has 2 aromatic carbocycles. The van der Waals surface area contributed by atoms with Crippen LogP contribution in [0.15, 0.2) is 53.5 Å². The Morgan fingerprint density at radius 3 is 2.66 bits per heavy atom. The first-order valence-corrected chi connectivity index (χ1v) is 10.5. The summed E-state index contributed by atoms with van der Waals surface area (Å²) >= 11 is 6.72. The van der Waals surface area contributed by atoms with E-state index in [4.69, 9.17) is 11.6 Å². The van der Waals surface area contributed by atoms with Crippen molar-refractivity contribution in [3.63, 3.8) is 0 Å². The van der Waals surface area contributed by atoms with Crippen LogP contribution in [-0.2, 0) is 0 Å². The maximum absolute atomic E-state index is 15.2. The van der Waals surface area contributed by atoms with Gasteiger partial charge < -0.3 is 15.3 Å². The van der Waals surface area contributed by atoms with Gasteiger partial charge in [0, 0.05) is 37.8 Å². The maximum atomic E-state index is 15.2. The summed E-state index contributed by atoms with van der Waals surface area (Å²) < 4.78 is 16.6. The minimum absolute atomic E-state index is 0.0471. The molecule has 2 aromatic heterocycles. The van der Waals surface area contributed by atoms with Crippen molar-refractivity contribution in [2.75, 3.05) is 31.1 Å². The van der Waals surface area contributed by atoms with Gasteiger partial charge in [-0.1, -0.05) is 29.8 Å². The van der Waals surface area contributed by atoms with Crippen molar-refractivity contribution in [3.05, 3.63) is 75.3 Å². The lowest BCUT2D eigenvalue weighted by Crippen LogP contribution is -2.44. The van der Waals surface area contributed by atoms with E-state index >= 15 is 4.39 Å². The zero-order valence-electron chi connectivity index (χ0n) is 16.8. The van der Waals surface area contributed by atoms with Crippen LogP contribution in [-0.4, -0.2) is 46.8 Å². The van der Waals surface area contributed by atoms with Crippen molar-refractivity contribution < 1.29 is 14.3 Å². The van der Waals surface area contributed by atoms with Crippen LogP contribution in [0.3, 0.4) is 0 Å². The Balaban J connectivity index is 1.86. The molecule has 3 heterocycles. The number of piperazine rings is 1. The van der Waals surface area contributed by atoms with E-state index < -0.39 is 22.8 Å². The first-order chi connectivity index (χ1) is 15.5. The van der Waals surface area contributed by atoms with E-state index in [0.29, 0.717) is 37.5 Å². The summed E-state index contributed by atoms with van der Waals surface area (Å²) in [6.07, 6.45) is 1.20. The fourth-order valence-electron chi connectivity index (χ4n) is 4.11. The van der Waals surface area contributed by atoms with Gasteiger partial charge in [-0.25, -0.2) is 14.2 Å². The number of pyridine rings is 2. The number of carboxylic acids is 1. The lowest BCUT2D eigenvalue weighted by Gasteiger charge is -2.31. The van der Waals surface area contributed by atoms with Gasteiger partial charge in [0.1, 0.15) is 17.2 Å². The molecule has 0 saturated carbocycles. The van der Waals surface area contributed by atoms with E-state index in [9.17, 15) is 14.7 Å². The van der Waals surface area contributed by atoms with Gasteiger partial charge in [0.05, 0.1) is 27.1 Å². The fourth-order valence-corrected chi connectivity index (χ4v) is 4.51. The smallest absolute Gasteiger partial charge is 0.341 e. The van der Waals surface area contributed by atoms with Gasteiger partial charge >= 0.3 is 5.97 Å². The Kier molecular flexibility index (Phi) is 5.03. The molecule has 0 unspecified atom stereocenters. The highest BCUT2D eigenvalue weighted by Gasteiger charge is 2.25. The van der Waals surface area contributed by atoms with Gasteiger partial charge in [-0.15, -0.1) is 0 Å². The third kappa shape index (κ3) is 3.28. The van der Waals surface area contributed by atoms with Gasteiger partial charge in [-0.3, -0.25) is 9.36 Å². The topological polar surface area (TPSA) is 87.5 Å². The second-order valence-electron chi connectivity index (χ2n) is 7.56. The number of nitrogens with one attached hydrogen (secondary N) is 1. The van der Waals surface area contributed by atoms with Crippen molar-refractivity contribution >= 4 is 45.1 Å². The van der Waals surface area contributed by atoms with Gasteiger partial charge in [-0.05, 0) is 24.3 Å². The Morgan fingerprint density at radius 2 is 1.91 bits per heavy atom. The van der Waals surface area contributed by atoms with Crippen LogP contribution in [0.2, 0.25) is 5.02 Å². The second-order valence-corrected chi connectivity index (χ2v) is 7.94. The van der Waals surface area contributed by atoms with Crippen molar-refractivity contribution in [1.82, 2.24) is 14.9 Å². The molecule has 4 aromatic rings. The van der Waals surface area contributed by atoms with Gasteiger partial charge in [-0.2, -0.15) is 0 Å². The highest BCUT2D eigenvalue weighted by molar-refractivity contribution is 6.38. The monoisotopic (exact) mass is 452 g/mol. The van der Waals surface area contributed by atoms with Gasteiger partial charge in [0.2, 0.25) is 5.43 Å². The fraction of sp³-hybridized carbons (Fsp3) is 0.174. The third-order valence-corrected chi connectivity index (χ3v) is 6.01. The molecule has 1 fully saturated rings. The lowest BCUT2D eigenvalue weighted by molar-refractivity contribution is 0.0695. The molecular formula is C23H18ClFN4O3. The second kappa shape index (κ2) is 7.89. The van der Waals surface area contributed by atoms with Gasteiger partial charge in [0.15, 0.2) is 0 Å². The number of aromatic carboxylic acids is 1. The number of benzene rings is 2. The lowest BCUT2D eigenvalue weighted by atomic mass is 10.1. The van der Waals surface area contributed by atoms with E-state index in [1.165, 1.54) is 10.8 Å². The Labute approximate surface area is 186 Å². The largest absolute Gasteiger partial charge is 0.477 e. The molecule has 0 bridgehead atoms. The van der Waals surface area contributed by atoms with E-state index in [1.807, 2.05) is 35.2 Å². The van der Waals surface area contributed by atoms with Crippen LogP contribution in [0.1, 0.15) is 10.4 Å². The first-order valence-electron chi connectivity index (χ1n) is 10.1. The molecule has 2 N–H and O–H groups in total. The van der Waals surface area contributed by atoms with Crippen molar-refractivity contribution in [2.24, 2.45) is 0 Å². The molecular weight excluding hydrogens is 435 g/mol. The average molecular weight is 453 g/mol. The minimum atomic E-state index is -1.41. The zero-order chi connectivity index (χ0) is 22.4. The quantitative estimate of drug-likeness (QED) is 0.495. The molecule has 32 heavy (non-hydrogen) atoms. The molecule has 1 aliphatic rings. The molecule has 1 saturated heterocycles. The maximum Gasteiger partial charge on any atom is 0.341 e. The number of hydrogen-bond donors (Lipinski definition) is 2. The predicted molar refractivity (Wildman–Crippen MR) is 122 cm³/mol. The molecule has 7 nitrogen and oxygen atoms in total. The van der Waals surface area contributed by atoms with Gasteiger partial charge in [0.25, 0.3) is 0 Å². The number of hydrogen-bond acceptors (Lipinski definition) is 5. The number of fused-ring (bicyclic) bond motifs is 2. The first kappa shape index (κ1) is 20.4. The Bertz CT molecular complexity index is 1450. The Hall–Kier alpha value is -3.49. The zero-order valence-corrected chi connectivity index (χ0v) is 17.6. The highest BCUT2D eigenvalue weighted by Crippen LogP contribution is 2.36. The van der Waals surface area contributed by atoms with Crippen LogP contribution in [0, 0.1) is 5.82 Å². The number of rotatable bonds is 3. The number of para-hydroxylation sites is 1. The highest BCUT2D eigenvalue weighted by atomic mass is 35.5. The molecule has 0 radical (unpaired) electrons. The predicted octanol–water partition coefficient (Wildman–Crippen LogP) is 3.44. The number of carbonyl (C=O) groups is 1. The SMILES string of the molecule is O=C(O)c1cn(-c2ccc3ccccc3n2)c2c(Cl)c(N3CCNCC3)c(F)cc2c1=O. The van der Waals surface area contributed by atoms with E-state index in [2.05, 4.69) is 10.3 Å². The molecule has 9 heteroatoms. The summed E-state index contributed by atoms with van der Waals surface area (Å²) in [5.74, 6) is -1.70. The summed E-state index contributed by atoms with van der Waals surface area (Å²) in [6.45, 7) is 2.44. The van der Waals surface area contributed by atoms with E-state index in [0.717, 1.165) is 11.5 Å². The molecule has 0 spiro atoms. The van der Waals surface area contributed by atoms with Crippen molar-refractivity contribution in [1.29, 1.82) is 0 Å². The summed E-state index contributed by atoms with van der Waals surface area (Å²) in [5.41, 5.74) is -0.179. The Morgan fingerprint density at radius 1 is 1.16 bits per heavy atom. The minimum Gasteiger partial charge on any atom is -0.477 e. The molecule has 1 aliphatic heterocycles. The summed E-state index contributed by atoms with van der Waals surface area (Å²) in [6, 6.07) is 12.1. The van der Waals surface area contributed by atoms with E-state index in [1.54, 1.807) is 6.07 Å².